The summed E-state index contributed by atoms with van der Waals surface area (Å²) >= 11 is 5.42. The number of hydrogen-bond acceptors (Lipinski definition) is 4. The molecule has 5 heteroatoms. The van der Waals surface area contributed by atoms with E-state index in [0.29, 0.717) is 6.54 Å². The molecular formula is C16H22BrN3S. The number of pyridine rings is 1. The van der Waals surface area contributed by atoms with Crippen molar-refractivity contribution in [3.05, 3.63) is 49.9 Å². The van der Waals surface area contributed by atoms with Crippen molar-refractivity contribution in [2.45, 2.75) is 33.4 Å². The summed E-state index contributed by atoms with van der Waals surface area (Å²) in [6.07, 6.45) is 0. The molecule has 0 bridgehead atoms. The molecular weight excluding hydrogens is 346 g/mol. The molecule has 3 nitrogen and oxygen atoms in total. The Morgan fingerprint density at radius 1 is 1.38 bits per heavy atom. The summed E-state index contributed by atoms with van der Waals surface area (Å²) in [6, 6.07) is 8.62. The van der Waals surface area contributed by atoms with Gasteiger partial charge in [0.05, 0.1) is 11.7 Å². The standard InChI is InChI=1S/C16H22BrN3S/c1-4-20(10-13-7-5-6-11(2)19-13)15(9-18)16-8-14(17)12(3)21-16/h5-8,15H,4,9-10,18H2,1-3H3. The van der Waals surface area contributed by atoms with E-state index in [1.807, 2.05) is 24.3 Å². The Morgan fingerprint density at radius 2 is 2.14 bits per heavy atom. The summed E-state index contributed by atoms with van der Waals surface area (Å²) < 4.78 is 1.17. The first-order chi connectivity index (χ1) is 10.0. The molecule has 0 saturated heterocycles. The number of thiophene rings is 1. The third-order valence-corrected chi connectivity index (χ3v) is 5.82. The van der Waals surface area contributed by atoms with Crippen LogP contribution >= 0.6 is 27.3 Å². The second kappa shape index (κ2) is 7.49. The zero-order valence-corrected chi connectivity index (χ0v) is 15.2. The average Bonchev–Trinajstić information content (AvgIpc) is 2.78. The zero-order valence-electron chi connectivity index (χ0n) is 12.8. The maximum atomic E-state index is 6.05. The van der Waals surface area contributed by atoms with Gasteiger partial charge in [0.15, 0.2) is 0 Å². The minimum Gasteiger partial charge on any atom is -0.329 e. The molecule has 114 valence electrons. The molecule has 2 N–H and O–H groups in total. The molecule has 2 aromatic heterocycles. The Bertz CT molecular complexity index is 577. The monoisotopic (exact) mass is 367 g/mol. The van der Waals surface area contributed by atoms with Gasteiger partial charge in [-0.3, -0.25) is 9.88 Å². The van der Waals surface area contributed by atoms with Crippen LogP contribution in [0.25, 0.3) is 0 Å². The SMILES string of the molecule is CCN(Cc1cccc(C)n1)C(CN)c1cc(Br)c(C)s1. The fourth-order valence-corrected chi connectivity index (χ4v) is 4.14. The molecule has 21 heavy (non-hydrogen) atoms. The number of likely N-dealkylation sites (N-methyl/N-ethyl adjacent to an activating group) is 1. The lowest BCUT2D eigenvalue weighted by atomic mass is 10.2. The lowest BCUT2D eigenvalue weighted by molar-refractivity contribution is 0.204. The first-order valence-corrected chi connectivity index (χ1v) is 8.78. The molecule has 0 aromatic carbocycles. The van der Waals surface area contributed by atoms with Gasteiger partial charge >= 0.3 is 0 Å². The first kappa shape index (κ1) is 16.6. The number of aryl methyl sites for hydroxylation is 2. The van der Waals surface area contributed by atoms with Crippen LogP contribution < -0.4 is 5.73 Å². The summed E-state index contributed by atoms with van der Waals surface area (Å²) in [5.74, 6) is 0. The Morgan fingerprint density at radius 3 is 2.67 bits per heavy atom. The van der Waals surface area contributed by atoms with E-state index in [0.717, 1.165) is 24.5 Å². The topological polar surface area (TPSA) is 42.2 Å². The Kier molecular flexibility index (Phi) is 5.93. The number of nitrogens with zero attached hydrogens (tertiary/aromatic N) is 2. The van der Waals surface area contributed by atoms with Crippen LogP contribution in [0.3, 0.4) is 0 Å². The van der Waals surface area contributed by atoms with Crippen LogP contribution in [0.4, 0.5) is 0 Å². The highest BCUT2D eigenvalue weighted by molar-refractivity contribution is 9.10. The molecule has 0 aliphatic heterocycles. The summed E-state index contributed by atoms with van der Waals surface area (Å²) in [4.78, 5) is 9.61. The largest absolute Gasteiger partial charge is 0.329 e. The number of hydrogen-bond donors (Lipinski definition) is 1. The Labute approximate surface area is 139 Å². The molecule has 0 saturated carbocycles. The van der Waals surface area contributed by atoms with Crippen molar-refractivity contribution in [2.75, 3.05) is 13.1 Å². The minimum absolute atomic E-state index is 0.243. The van der Waals surface area contributed by atoms with Gasteiger partial charge in [-0.2, -0.15) is 0 Å². The van der Waals surface area contributed by atoms with Crippen molar-refractivity contribution < 1.29 is 0 Å². The van der Waals surface area contributed by atoms with Crippen LogP contribution in [0.15, 0.2) is 28.7 Å². The maximum Gasteiger partial charge on any atom is 0.0568 e. The quantitative estimate of drug-likeness (QED) is 0.837. The maximum absolute atomic E-state index is 6.05. The number of nitrogens with two attached hydrogens (primary N) is 1. The lowest BCUT2D eigenvalue weighted by Crippen LogP contribution is -2.33. The van der Waals surface area contributed by atoms with Crippen molar-refractivity contribution in [3.8, 4) is 0 Å². The fraction of sp³-hybridized carbons (Fsp3) is 0.438. The van der Waals surface area contributed by atoms with E-state index in [1.54, 1.807) is 0 Å². The summed E-state index contributed by atoms with van der Waals surface area (Å²) in [6.45, 7) is 8.73. The van der Waals surface area contributed by atoms with E-state index in [-0.39, 0.29) is 6.04 Å². The van der Waals surface area contributed by atoms with Crippen LogP contribution in [-0.2, 0) is 6.54 Å². The molecule has 1 unspecified atom stereocenters. The van der Waals surface area contributed by atoms with Gasteiger partial charge in [-0.1, -0.05) is 13.0 Å². The molecule has 0 spiro atoms. The van der Waals surface area contributed by atoms with Crippen LogP contribution in [-0.4, -0.2) is 23.0 Å². The highest BCUT2D eigenvalue weighted by atomic mass is 79.9. The van der Waals surface area contributed by atoms with E-state index in [4.69, 9.17) is 5.73 Å². The van der Waals surface area contributed by atoms with Crippen molar-refractivity contribution >= 4 is 27.3 Å². The molecule has 2 heterocycles. The lowest BCUT2D eigenvalue weighted by Gasteiger charge is -2.28. The Hall–Kier alpha value is -0.750. The second-order valence-electron chi connectivity index (χ2n) is 5.14. The summed E-state index contributed by atoms with van der Waals surface area (Å²) in [5, 5.41) is 0. The molecule has 0 aliphatic rings. The van der Waals surface area contributed by atoms with E-state index < -0.39 is 0 Å². The molecule has 0 radical (unpaired) electrons. The fourth-order valence-electron chi connectivity index (χ4n) is 2.43. The second-order valence-corrected chi connectivity index (χ2v) is 7.28. The molecule has 1 atom stereocenters. The molecule has 0 fully saturated rings. The van der Waals surface area contributed by atoms with Gasteiger partial charge < -0.3 is 5.73 Å². The average molecular weight is 368 g/mol. The number of aromatic nitrogens is 1. The van der Waals surface area contributed by atoms with Crippen LogP contribution in [0, 0.1) is 13.8 Å². The molecule has 2 rings (SSSR count). The van der Waals surface area contributed by atoms with Gasteiger partial charge in [0.1, 0.15) is 0 Å². The van der Waals surface area contributed by atoms with E-state index >= 15 is 0 Å². The zero-order chi connectivity index (χ0) is 15.4. The highest BCUT2D eigenvalue weighted by Crippen LogP contribution is 2.33. The molecule has 0 aliphatic carbocycles. The third-order valence-electron chi connectivity index (χ3n) is 3.59. The van der Waals surface area contributed by atoms with Gasteiger partial charge in [0, 0.05) is 33.0 Å². The van der Waals surface area contributed by atoms with Gasteiger partial charge in [-0.25, -0.2) is 0 Å². The van der Waals surface area contributed by atoms with E-state index in [1.165, 1.54) is 14.2 Å². The predicted molar refractivity (Wildman–Crippen MR) is 93.6 cm³/mol. The van der Waals surface area contributed by atoms with Crippen molar-refractivity contribution in [3.63, 3.8) is 0 Å². The molecule has 2 aromatic rings. The highest BCUT2D eigenvalue weighted by Gasteiger charge is 2.21. The van der Waals surface area contributed by atoms with Crippen molar-refractivity contribution in [2.24, 2.45) is 5.73 Å². The van der Waals surface area contributed by atoms with Gasteiger partial charge in [0.2, 0.25) is 0 Å². The van der Waals surface area contributed by atoms with Crippen LogP contribution in [0.5, 0.6) is 0 Å². The summed E-state index contributed by atoms with van der Waals surface area (Å²) in [5.41, 5.74) is 8.21. The van der Waals surface area contributed by atoms with Gasteiger partial charge in [-0.15, -0.1) is 11.3 Å². The minimum atomic E-state index is 0.243. The van der Waals surface area contributed by atoms with Gasteiger partial charge in [-0.05, 0) is 54.5 Å². The smallest absolute Gasteiger partial charge is 0.0568 e. The normalized spacial score (nSPS) is 12.9. The van der Waals surface area contributed by atoms with E-state index in [2.05, 4.69) is 57.9 Å². The summed E-state index contributed by atoms with van der Waals surface area (Å²) in [7, 11) is 0. The van der Waals surface area contributed by atoms with Crippen LogP contribution in [0.2, 0.25) is 0 Å². The van der Waals surface area contributed by atoms with Crippen molar-refractivity contribution in [1.82, 2.24) is 9.88 Å². The number of rotatable bonds is 6. The third kappa shape index (κ3) is 4.13. The number of halogens is 1. The Balaban J connectivity index is 2.21. The van der Waals surface area contributed by atoms with E-state index in [9.17, 15) is 0 Å². The van der Waals surface area contributed by atoms with Crippen molar-refractivity contribution in [1.29, 1.82) is 0 Å². The predicted octanol–water partition coefficient (Wildman–Crippen LogP) is 4.04. The molecule has 0 amide bonds. The van der Waals surface area contributed by atoms with Crippen LogP contribution in [0.1, 0.15) is 34.1 Å². The first-order valence-electron chi connectivity index (χ1n) is 7.17. The van der Waals surface area contributed by atoms with Gasteiger partial charge in [0.25, 0.3) is 0 Å².